The van der Waals surface area contributed by atoms with E-state index >= 15 is 0 Å². The number of hydrogen-bond donors (Lipinski definition) is 1. The van der Waals surface area contributed by atoms with Crippen molar-refractivity contribution in [2.45, 2.75) is 26.4 Å². The maximum Gasteiger partial charge on any atom is 0.339 e. The van der Waals surface area contributed by atoms with Gasteiger partial charge in [0.05, 0.1) is 28.7 Å². The predicted octanol–water partition coefficient (Wildman–Crippen LogP) is 4.34. The van der Waals surface area contributed by atoms with E-state index in [4.69, 9.17) is 14.2 Å². The number of benzene rings is 2. The largest absolute Gasteiger partial charge is 0.493 e. The molecule has 0 aliphatic rings. The van der Waals surface area contributed by atoms with Gasteiger partial charge in [0.2, 0.25) is 0 Å². The van der Waals surface area contributed by atoms with Crippen LogP contribution in [-0.4, -0.2) is 36.6 Å². The molecule has 0 bridgehead atoms. The van der Waals surface area contributed by atoms with Crippen molar-refractivity contribution >= 4 is 39.2 Å². The summed E-state index contributed by atoms with van der Waals surface area (Å²) in [6, 6.07) is 8.30. The fourth-order valence-corrected chi connectivity index (χ4v) is 2.93. The van der Waals surface area contributed by atoms with Crippen LogP contribution in [0.1, 0.15) is 30.6 Å². The highest BCUT2D eigenvalue weighted by Crippen LogP contribution is 2.37. The van der Waals surface area contributed by atoms with Crippen LogP contribution in [0.4, 0.5) is 11.4 Å². The Hall–Kier alpha value is -3.14. The van der Waals surface area contributed by atoms with Gasteiger partial charge in [-0.15, -0.1) is 0 Å². The molecule has 0 spiro atoms. The number of carbonyl (C=O) groups excluding carboxylic acids is 2. The Labute approximate surface area is 181 Å². The van der Waals surface area contributed by atoms with Crippen LogP contribution in [0.5, 0.6) is 11.5 Å². The minimum atomic E-state index is -1.10. The van der Waals surface area contributed by atoms with Gasteiger partial charge in [-0.1, -0.05) is 6.92 Å². The first-order valence-corrected chi connectivity index (χ1v) is 9.82. The lowest BCUT2D eigenvalue weighted by atomic mass is 10.2. The Morgan fingerprint density at radius 3 is 2.47 bits per heavy atom. The van der Waals surface area contributed by atoms with Gasteiger partial charge in [0.25, 0.3) is 11.6 Å². The Bertz CT molecular complexity index is 931. The zero-order valence-corrected chi connectivity index (χ0v) is 18.2. The molecule has 1 atom stereocenters. The summed E-state index contributed by atoms with van der Waals surface area (Å²) in [5, 5.41) is 13.2. The number of anilines is 1. The molecule has 1 unspecified atom stereocenters. The Morgan fingerprint density at radius 1 is 1.23 bits per heavy atom. The monoisotopic (exact) mass is 480 g/mol. The predicted molar refractivity (Wildman–Crippen MR) is 113 cm³/mol. The second-order valence-corrected chi connectivity index (χ2v) is 7.03. The first-order chi connectivity index (χ1) is 14.3. The van der Waals surface area contributed by atoms with E-state index in [0.29, 0.717) is 28.3 Å². The smallest absolute Gasteiger partial charge is 0.339 e. The van der Waals surface area contributed by atoms with Crippen molar-refractivity contribution in [2.75, 3.05) is 19.0 Å². The van der Waals surface area contributed by atoms with E-state index in [0.717, 1.165) is 6.42 Å². The first-order valence-electron chi connectivity index (χ1n) is 9.03. The van der Waals surface area contributed by atoms with Gasteiger partial charge in [0.15, 0.2) is 17.6 Å². The molecule has 1 N–H and O–H groups in total. The maximum absolute atomic E-state index is 12.5. The van der Waals surface area contributed by atoms with Gasteiger partial charge < -0.3 is 19.5 Å². The Morgan fingerprint density at radius 2 is 1.90 bits per heavy atom. The molecular formula is C20H21BrN2O7. The Kier molecular flexibility index (Phi) is 8.16. The third-order valence-corrected chi connectivity index (χ3v) is 4.50. The number of esters is 1. The molecule has 2 aromatic carbocycles. The van der Waals surface area contributed by atoms with Gasteiger partial charge in [0, 0.05) is 17.8 Å². The average Bonchev–Trinajstić information content (AvgIpc) is 2.72. The summed E-state index contributed by atoms with van der Waals surface area (Å²) in [4.78, 5) is 34.9. The normalized spacial score (nSPS) is 11.3. The van der Waals surface area contributed by atoms with Crippen molar-refractivity contribution in [3.05, 3.63) is 56.5 Å². The number of amides is 1. The standard InChI is InChI=1S/C20H21BrN2O7/c1-4-9-29-18-16(21)10-13(11-17(18)28-3)20(25)30-12(2)19(24)22-14-5-7-15(8-6-14)23(26)27/h5-8,10-12H,4,9H2,1-3H3,(H,22,24). The number of carbonyl (C=O) groups is 2. The summed E-state index contributed by atoms with van der Waals surface area (Å²) in [6.45, 7) is 3.87. The third kappa shape index (κ3) is 5.93. The Balaban J connectivity index is 2.06. The molecule has 0 aliphatic heterocycles. The molecule has 10 heteroatoms. The van der Waals surface area contributed by atoms with Gasteiger partial charge in [-0.05, 0) is 53.5 Å². The highest BCUT2D eigenvalue weighted by Gasteiger charge is 2.22. The lowest BCUT2D eigenvalue weighted by molar-refractivity contribution is -0.384. The maximum atomic E-state index is 12.5. The van der Waals surface area contributed by atoms with Crippen LogP contribution >= 0.6 is 15.9 Å². The summed E-state index contributed by atoms with van der Waals surface area (Å²) in [5.74, 6) is -0.471. The van der Waals surface area contributed by atoms with Crippen molar-refractivity contribution in [3.8, 4) is 11.5 Å². The molecule has 9 nitrogen and oxygen atoms in total. The molecule has 30 heavy (non-hydrogen) atoms. The number of methoxy groups -OCH3 is 1. The van der Waals surface area contributed by atoms with Crippen LogP contribution < -0.4 is 14.8 Å². The van der Waals surface area contributed by atoms with E-state index in [9.17, 15) is 19.7 Å². The molecule has 2 rings (SSSR count). The second kappa shape index (κ2) is 10.6. The first kappa shape index (κ1) is 23.1. The molecule has 0 aromatic heterocycles. The zero-order valence-electron chi connectivity index (χ0n) is 16.6. The summed E-state index contributed by atoms with van der Waals surface area (Å²) in [5.41, 5.74) is 0.422. The van der Waals surface area contributed by atoms with Crippen LogP contribution in [0.25, 0.3) is 0 Å². The van der Waals surface area contributed by atoms with E-state index in [1.54, 1.807) is 0 Å². The number of nitro groups is 1. The fourth-order valence-electron chi connectivity index (χ4n) is 2.37. The summed E-state index contributed by atoms with van der Waals surface area (Å²) in [7, 11) is 1.45. The highest BCUT2D eigenvalue weighted by molar-refractivity contribution is 9.10. The van der Waals surface area contributed by atoms with E-state index < -0.39 is 22.9 Å². The number of nitro benzene ring substituents is 1. The second-order valence-electron chi connectivity index (χ2n) is 6.18. The minimum absolute atomic E-state index is 0.0987. The molecule has 0 heterocycles. The van der Waals surface area contributed by atoms with Crippen molar-refractivity contribution in [3.63, 3.8) is 0 Å². The zero-order chi connectivity index (χ0) is 22.3. The summed E-state index contributed by atoms with van der Waals surface area (Å²) >= 11 is 3.35. The fraction of sp³-hybridized carbons (Fsp3) is 0.300. The number of halogens is 1. The molecule has 2 aromatic rings. The lowest BCUT2D eigenvalue weighted by Gasteiger charge is -2.16. The number of rotatable bonds is 9. The van der Waals surface area contributed by atoms with Gasteiger partial charge in [-0.25, -0.2) is 4.79 Å². The van der Waals surface area contributed by atoms with Crippen LogP contribution in [-0.2, 0) is 9.53 Å². The van der Waals surface area contributed by atoms with Crippen LogP contribution in [0.15, 0.2) is 40.9 Å². The number of nitrogens with zero attached hydrogens (tertiary/aromatic N) is 1. The molecular weight excluding hydrogens is 460 g/mol. The molecule has 0 saturated heterocycles. The van der Waals surface area contributed by atoms with Gasteiger partial charge in [0.1, 0.15) is 0 Å². The highest BCUT2D eigenvalue weighted by atomic mass is 79.9. The molecule has 160 valence electrons. The van der Waals surface area contributed by atoms with Crippen molar-refractivity contribution in [2.24, 2.45) is 0 Å². The quantitative estimate of drug-likeness (QED) is 0.322. The topological polar surface area (TPSA) is 117 Å². The lowest BCUT2D eigenvalue weighted by Crippen LogP contribution is -2.30. The van der Waals surface area contributed by atoms with E-state index in [2.05, 4.69) is 21.2 Å². The molecule has 0 aliphatic carbocycles. The molecule has 0 saturated carbocycles. The van der Waals surface area contributed by atoms with Crippen molar-refractivity contribution in [1.82, 2.24) is 0 Å². The number of non-ortho nitro benzene ring substituents is 1. The third-order valence-electron chi connectivity index (χ3n) is 3.91. The average molecular weight is 481 g/mol. The van der Waals surface area contributed by atoms with Crippen molar-refractivity contribution in [1.29, 1.82) is 0 Å². The number of hydrogen-bond acceptors (Lipinski definition) is 7. The van der Waals surface area contributed by atoms with Crippen LogP contribution in [0, 0.1) is 10.1 Å². The van der Waals surface area contributed by atoms with E-state index in [1.165, 1.54) is 50.4 Å². The number of nitrogens with one attached hydrogen (secondary N) is 1. The van der Waals surface area contributed by atoms with E-state index in [1.807, 2.05) is 6.92 Å². The molecule has 1 amide bonds. The summed E-state index contributed by atoms with van der Waals surface area (Å²) in [6.07, 6.45) is -0.297. The molecule has 0 fully saturated rings. The number of ether oxygens (including phenoxy) is 3. The van der Waals surface area contributed by atoms with E-state index in [-0.39, 0.29) is 11.3 Å². The SMILES string of the molecule is CCCOc1c(Br)cc(C(=O)OC(C)C(=O)Nc2ccc([N+](=O)[O-])cc2)cc1OC. The van der Waals surface area contributed by atoms with Gasteiger partial charge in [-0.3, -0.25) is 14.9 Å². The van der Waals surface area contributed by atoms with Gasteiger partial charge in [-0.2, -0.15) is 0 Å². The van der Waals surface area contributed by atoms with Crippen LogP contribution in [0.2, 0.25) is 0 Å². The molecule has 0 radical (unpaired) electrons. The van der Waals surface area contributed by atoms with Gasteiger partial charge >= 0.3 is 5.97 Å². The minimum Gasteiger partial charge on any atom is -0.493 e. The summed E-state index contributed by atoms with van der Waals surface area (Å²) < 4.78 is 16.7. The van der Waals surface area contributed by atoms with Crippen molar-refractivity contribution < 1.29 is 28.7 Å². The van der Waals surface area contributed by atoms with Crippen LogP contribution in [0.3, 0.4) is 0 Å².